The number of ketones is 1. The summed E-state index contributed by atoms with van der Waals surface area (Å²) in [7, 11) is -5.92. The monoisotopic (exact) mass is 581 g/mol. The molecule has 3 N–H and O–H groups in total. The summed E-state index contributed by atoms with van der Waals surface area (Å²) in [5.41, 5.74) is 0.0541. The molecule has 2 aliphatic heterocycles. The SMILES string of the molecule is CNS(=O)(=O)c1cccc(OC[C@@H](O)CNC2COC3(CCN(S(=O)(=O)c4ccc(C(C)=O)cc4)CC3)C2)c1. The number of benzene rings is 2. The Morgan fingerprint density at radius 2 is 1.82 bits per heavy atom. The molecule has 2 aliphatic rings. The Morgan fingerprint density at radius 3 is 2.46 bits per heavy atom. The van der Waals surface area contributed by atoms with Gasteiger partial charge in [-0.1, -0.05) is 18.2 Å². The Morgan fingerprint density at radius 1 is 1.13 bits per heavy atom. The van der Waals surface area contributed by atoms with Crippen LogP contribution in [0.25, 0.3) is 0 Å². The minimum atomic E-state index is -3.66. The molecule has 2 aromatic carbocycles. The Bertz CT molecular complexity index is 1370. The summed E-state index contributed by atoms with van der Waals surface area (Å²) in [4.78, 5) is 11.7. The lowest BCUT2D eigenvalue weighted by Crippen LogP contribution is -2.47. The average molecular weight is 582 g/mol. The number of ether oxygens (including phenoxy) is 2. The first-order valence-corrected chi connectivity index (χ1v) is 15.7. The van der Waals surface area contributed by atoms with E-state index in [4.69, 9.17) is 9.47 Å². The molecule has 1 unspecified atom stereocenters. The first-order valence-electron chi connectivity index (χ1n) is 12.8. The lowest BCUT2D eigenvalue weighted by molar-refractivity contribution is -0.0312. The predicted octanol–water partition coefficient (Wildman–Crippen LogP) is 1.14. The van der Waals surface area contributed by atoms with E-state index >= 15 is 0 Å². The first-order chi connectivity index (χ1) is 18.4. The predicted molar refractivity (Wildman–Crippen MR) is 144 cm³/mol. The van der Waals surface area contributed by atoms with Gasteiger partial charge in [-0.25, -0.2) is 21.6 Å². The number of piperidine rings is 1. The topological polar surface area (TPSA) is 151 Å². The maximum absolute atomic E-state index is 13.1. The summed E-state index contributed by atoms with van der Waals surface area (Å²) in [5.74, 6) is 0.220. The fraction of sp³-hybridized carbons (Fsp3) is 0.500. The highest BCUT2D eigenvalue weighted by Gasteiger charge is 2.44. The smallest absolute Gasteiger partial charge is 0.243 e. The van der Waals surface area contributed by atoms with E-state index in [-0.39, 0.29) is 34.8 Å². The lowest BCUT2D eigenvalue weighted by atomic mass is 9.88. The van der Waals surface area contributed by atoms with Gasteiger partial charge in [-0.2, -0.15) is 4.31 Å². The lowest BCUT2D eigenvalue weighted by Gasteiger charge is -2.38. The quantitative estimate of drug-likeness (QED) is 0.332. The van der Waals surface area contributed by atoms with Crippen molar-refractivity contribution in [2.75, 3.05) is 39.9 Å². The van der Waals surface area contributed by atoms with Gasteiger partial charge >= 0.3 is 0 Å². The van der Waals surface area contributed by atoms with Gasteiger partial charge < -0.3 is 19.9 Å². The van der Waals surface area contributed by atoms with Crippen LogP contribution >= 0.6 is 0 Å². The number of sulfonamides is 2. The van der Waals surface area contributed by atoms with Crippen LogP contribution in [-0.4, -0.2) is 89.7 Å². The maximum Gasteiger partial charge on any atom is 0.243 e. The number of hydrogen-bond acceptors (Lipinski definition) is 9. The molecule has 2 fully saturated rings. The molecule has 0 bridgehead atoms. The number of aliphatic hydroxyl groups excluding tert-OH is 1. The summed E-state index contributed by atoms with van der Waals surface area (Å²) < 4.78 is 65.5. The van der Waals surface area contributed by atoms with Crippen LogP contribution in [0.15, 0.2) is 58.3 Å². The second-order valence-electron chi connectivity index (χ2n) is 9.94. The van der Waals surface area contributed by atoms with Crippen LogP contribution in [0.1, 0.15) is 36.5 Å². The molecule has 0 radical (unpaired) electrons. The van der Waals surface area contributed by atoms with Crippen molar-refractivity contribution < 1.29 is 36.2 Å². The molecule has 13 heteroatoms. The van der Waals surface area contributed by atoms with Crippen LogP contribution in [0, 0.1) is 0 Å². The van der Waals surface area contributed by atoms with Gasteiger partial charge in [0, 0.05) is 37.3 Å². The second-order valence-corrected chi connectivity index (χ2v) is 13.8. The van der Waals surface area contributed by atoms with Crippen molar-refractivity contribution in [2.45, 2.75) is 53.7 Å². The highest BCUT2D eigenvalue weighted by molar-refractivity contribution is 7.89. The van der Waals surface area contributed by atoms with E-state index in [0.29, 0.717) is 50.3 Å². The maximum atomic E-state index is 13.1. The normalized spacial score (nSPS) is 20.6. The molecule has 0 aliphatic carbocycles. The molecule has 11 nitrogen and oxygen atoms in total. The Labute approximate surface area is 229 Å². The van der Waals surface area contributed by atoms with Gasteiger partial charge in [0.1, 0.15) is 18.5 Å². The molecule has 39 heavy (non-hydrogen) atoms. The van der Waals surface area contributed by atoms with E-state index in [2.05, 4.69) is 10.0 Å². The fourth-order valence-corrected chi connectivity index (χ4v) is 7.08. The van der Waals surface area contributed by atoms with Crippen molar-refractivity contribution in [2.24, 2.45) is 0 Å². The van der Waals surface area contributed by atoms with Gasteiger partial charge in [-0.3, -0.25) is 4.79 Å². The van der Waals surface area contributed by atoms with E-state index in [1.807, 2.05) is 0 Å². The number of nitrogens with one attached hydrogen (secondary N) is 2. The molecule has 2 atom stereocenters. The standard InChI is InChI=1S/C26H35N3O8S2/c1-19(30)20-6-8-24(9-7-20)39(34,35)29-12-10-26(11-13-29)15-21(17-37-26)28-16-22(31)18-36-23-4-3-5-25(14-23)38(32,33)27-2/h3-9,14,21-22,27-28,31H,10-13,15-18H2,1-2H3/t21?,22-/m0/s1. The van der Waals surface area contributed by atoms with Gasteiger partial charge in [0.2, 0.25) is 20.0 Å². The molecule has 1 spiro atoms. The Balaban J connectivity index is 1.23. The molecule has 0 aromatic heterocycles. The number of nitrogens with zero attached hydrogens (tertiary/aromatic N) is 1. The molecular formula is C26H35N3O8S2. The summed E-state index contributed by atoms with van der Waals surface area (Å²) in [5, 5.41) is 13.7. The van der Waals surface area contributed by atoms with Gasteiger partial charge in [0.05, 0.1) is 22.0 Å². The molecule has 2 saturated heterocycles. The first kappa shape index (κ1) is 29.6. The van der Waals surface area contributed by atoms with Crippen LogP contribution < -0.4 is 14.8 Å². The Kier molecular flexibility index (Phi) is 9.11. The number of hydrogen-bond donors (Lipinski definition) is 3. The molecule has 0 saturated carbocycles. The van der Waals surface area contributed by atoms with E-state index in [0.717, 1.165) is 0 Å². The summed E-state index contributed by atoms with van der Waals surface area (Å²) in [6.07, 6.45) is 1.000. The minimum absolute atomic E-state index is 0.00558. The molecule has 214 valence electrons. The van der Waals surface area contributed by atoms with Crippen molar-refractivity contribution in [1.29, 1.82) is 0 Å². The van der Waals surface area contributed by atoms with Crippen molar-refractivity contribution in [3.05, 3.63) is 54.1 Å². The number of rotatable bonds is 11. The van der Waals surface area contributed by atoms with Crippen LogP contribution in [0.2, 0.25) is 0 Å². The molecule has 2 heterocycles. The van der Waals surface area contributed by atoms with Gasteiger partial charge in [-0.05, 0) is 57.5 Å². The largest absolute Gasteiger partial charge is 0.491 e. The average Bonchev–Trinajstić information content (AvgIpc) is 3.33. The zero-order valence-corrected chi connectivity index (χ0v) is 23.6. The highest BCUT2D eigenvalue weighted by Crippen LogP contribution is 2.37. The van der Waals surface area contributed by atoms with Crippen LogP contribution in [0.3, 0.4) is 0 Å². The zero-order chi connectivity index (χ0) is 28.3. The van der Waals surface area contributed by atoms with Crippen LogP contribution in [-0.2, 0) is 24.8 Å². The number of carbonyl (C=O) groups is 1. The summed E-state index contributed by atoms with van der Waals surface area (Å²) in [6, 6.07) is 12.1. The van der Waals surface area contributed by atoms with Gasteiger partial charge in [-0.15, -0.1) is 0 Å². The number of Topliss-reactive ketones (excluding diaryl/α,β-unsaturated/α-hetero) is 1. The third-order valence-corrected chi connectivity index (χ3v) is 10.5. The van der Waals surface area contributed by atoms with E-state index in [9.17, 15) is 26.7 Å². The van der Waals surface area contributed by atoms with E-state index < -0.39 is 31.8 Å². The Hall–Kier alpha value is -2.39. The third-order valence-electron chi connectivity index (χ3n) is 7.21. The van der Waals surface area contributed by atoms with Crippen LogP contribution in [0.4, 0.5) is 0 Å². The molecule has 0 amide bonds. The summed E-state index contributed by atoms with van der Waals surface area (Å²) >= 11 is 0. The van der Waals surface area contributed by atoms with Crippen molar-refractivity contribution in [1.82, 2.24) is 14.3 Å². The number of aliphatic hydroxyl groups is 1. The van der Waals surface area contributed by atoms with E-state index in [1.54, 1.807) is 12.1 Å². The summed E-state index contributed by atoms with van der Waals surface area (Å²) in [6.45, 7) is 2.80. The molecule has 4 rings (SSSR count). The minimum Gasteiger partial charge on any atom is -0.491 e. The van der Waals surface area contributed by atoms with Crippen LogP contribution in [0.5, 0.6) is 5.75 Å². The molecular weight excluding hydrogens is 546 g/mol. The van der Waals surface area contributed by atoms with E-state index in [1.165, 1.54) is 54.7 Å². The van der Waals surface area contributed by atoms with Gasteiger partial charge in [0.25, 0.3) is 0 Å². The second kappa shape index (κ2) is 12.0. The van der Waals surface area contributed by atoms with Gasteiger partial charge in [0.15, 0.2) is 5.78 Å². The number of carbonyl (C=O) groups excluding carboxylic acids is 1. The van der Waals surface area contributed by atoms with Crippen molar-refractivity contribution in [3.63, 3.8) is 0 Å². The molecule has 2 aromatic rings. The van der Waals surface area contributed by atoms with Crippen molar-refractivity contribution >= 4 is 25.8 Å². The third kappa shape index (κ3) is 7.04. The van der Waals surface area contributed by atoms with Crippen molar-refractivity contribution in [3.8, 4) is 5.75 Å². The fourth-order valence-electron chi connectivity index (χ4n) is 4.87. The highest BCUT2D eigenvalue weighted by atomic mass is 32.2. The zero-order valence-electron chi connectivity index (χ0n) is 22.0.